The van der Waals surface area contributed by atoms with Gasteiger partial charge in [-0.1, -0.05) is 142 Å². The van der Waals surface area contributed by atoms with E-state index >= 15 is 0 Å². The van der Waals surface area contributed by atoms with E-state index in [1.807, 2.05) is 12.1 Å². The Hall–Kier alpha value is -14.4. The van der Waals surface area contributed by atoms with Crippen LogP contribution in [0.2, 0.25) is 0 Å². The van der Waals surface area contributed by atoms with Crippen molar-refractivity contribution in [2.45, 2.75) is 182 Å². The molecule has 13 nitrogen and oxygen atoms in total. The topological polar surface area (TPSA) is 55.1 Å². The molecular weight excluding hydrogens is 1620 g/mol. The molecule has 0 radical (unpaired) electrons. The van der Waals surface area contributed by atoms with Crippen molar-refractivity contribution in [2.75, 3.05) is 0 Å². The summed E-state index contributed by atoms with van der Waals surface area (Å²) in [6.07, 6.45) is 9.03. The Balaban J connectivity index is 0.000000124. The van der Waals surface area contributed by atoms with Crippen LogP contribution in [0.1, 0.15) is 168 Å². The zero-order valence-corrected chi connectivity index (χ0v) is 82.8. The van der Waals surface area contributed by atoms with Crippen LogP contribution in [0, 0.1) is 82.7 Å². The molecule has 0 unspecified atom stereocenters. The zero-order chi connectivity index (χ0) is 94.4. The van der Waals surface area contributed by atoms with E-state index in [1.54, 1.807) is 0 Å². The molecule has 0 aliphatic heterocycles. The number of hydrogen-bond donors (Lipinski definition) is 0. The third-order valence-electron chi connectivity index (χ3n) is 27.4. The fourth-order valence-corrected chi connectivity index (χ4v) is 21.3. The van der Waals surface area contributed by atoms with Crippen molar-refractivity contribution in [1.82, 2.24) is 18.7 Å². The second-order valence-electron chi connectivity index (χ2n) is 38.9. The van der Waals surface area contributed by atoms with Gasteiger partial charge in [0.25, 0.3) is 0 Å². The molecule has 0 aliphatic carbocycles. The summed E-state index contributed by atoms with van der Waals surface area (Å²) in [6, 6.07) is 95.5. The molecule has 13 heteroatoms. The lowest BCUT2D eigenvalue weighted by atomic mass is 9.83. The highest BCUT2D eigenvalue weighted by atomic mass is 15.4. The molecular formula is C120H129N13+8. The van der Waals surface area contributed by atoms with Crippen molar-refractivity contribution < 1.29 is 37.0 Å². The van der Waals surface area contributed by atoms with Crippen LogP contribution in [0.25, 0.3) is 159 Å². The van der Waals surface area contributed by atoms with Crippen LogP contribution in [0.15, 0.2) is 286 Å². The lowest BCUT2D eigenvalue weighted by Crippen LogP contribution is -2.42. The predicted octanol–water partition coefficient (Wildman–Crippen LogP) is 25.8. The Kier molecular flexibility index (Phi) is 24.6. The van der Waals surface area contributed by atoms with E-state index in [-0.39, 0.29) is 5.41 Å². The van der Waals surface area contributed by atoms with Crippen LogP contribution in [0.3, 0.4) is 0 Å². The van der Waals surface area contributed by atoms with E-state index in [0.717, 1.165) is 28.2 Å². The third kappa shape index (κ3) is 16.4. The first kappa shape index (κ1) is 90.6. The Morgan fingerprint density at radius 2 is 0.571 bits per heavy atom. The zero-order valence-electron chi connectivity index (χ0n) is 82.8. The van der Waals surface area contributed by atoms with Gasteiger partial charge in [0.2, 0.25) is 45.5 Å². The average molecular weight is 1750 g/mol. The Bertz CT molecular complexity index is 8070. The monoisotopic (exact) mass is 1750 g/mol. The molecule has 0 N–H and O–H groups in total. The van der Waals surface area contributed by atoms with Crippen molar-refractivity contribution in [3.63, 3.8) is 0 Å². The lowest BCUT2D eigenvalue weighted by Gasteiger charge is -2.21. The van der Waals surface area contributed by atoms with Crippen LogP contribution in [-0.2, 0) is 33.6 Å². The van der Waals surface area contributed by atoms with E-state index in [2.05, 4.69) is 515 Å². The quantitative estimate of drug-likeness (QED) is 0.0865. The van der Waals surface area contributed by atoms with E-state index in [0.29, 0.717) is 29.9 Å². The SMILES string of the molecule is Cc1c(-c2c3ccccc3n(C(C)C)[n+]2C)cc(C(C)(C)C)cc1-[n+]1cc2ccccc2cc1C.Cc1cc(-c2c3ccccc3n(C(C)C)[n+]2C)c(C)c(-[n+]2cc3ccccc3cc2C)c1.Cc1cc(C)c(-[n+]2cc3ccccc3cc2C)c(C)c1-c1c2ccccc2n(C(C)C)[n+]1C.[C-]#[N+]c1cc(-c2c3ccccc3n(C(C)C)[n+]2C)c(C)c(-[n+]2cc3ccccc3cc2C)c1. The third-order valence-corrected chi connectivity index (χ3v) is 27.4. The fourth-order valence-electron chi connectivity index (χ4n) is 21.3. The summed E-state index contributed by atoms with van der Waals surface area (Å²) in [5, 5.41) is 15.1. The van der Waals surface area contributed by atoms with Gasteiger partial charge >= 0.3 is 0 Å². The summed E-state index contributed by atoms with van der Waals surface area (Å²) >= 11 is 0. The van der Waals surface area contributed by atoms with E-state index in [1.165, 1.54) is 194 Å². The number of aromatic nitrogens is 12. The molecule has 20 rings (SSSR count). The van der Waals surface area contributed by atoms with Crippen LogP contribution in [-0.4, -0.2) is 18.7 Å². The van der Waals surface area contributed by atoms with Gasteiger partial charge in [0.05, 0.1) is 69.0 Å². The van der Waals surface area contributed by atoms with Gasteiger partial charge in [-0.05, 0) is 245 Å². The smallest absolute Gasteiger partial charge is 0.238 e. The van der Waals surface area contributed by atoms with E-state index in [4.69, 9.17) is 6.57 Å². The van der Waals surface area contributed by atoms with Gasteiger partial charge in [-0.2, -0.15) is 37.0 Å². The summed E-state index contributed by atoms with van der Waals surface area (Å²) in [7, 11) is 8.70. The molecule has 20 aromatic rings. The molecule has 666 valence electrons. The van der Waals surface area contributed by atoms with Gasteiger partial charge in [-0.15, -0.1) is 18.7 Å². The van der Waals surface area contributed by atoms with Gasteiger partial charge in [0, 0.05) is 125 Å². The molecule has 12 aromatic carbocycles. The first-order valence-electron chi connectivity index (χ1n) is 47.2. The fraction of sp³-hybridized carbons (Fsp3) is 0.258. The van der Waals surface area contributed by atoms with Crippen LogP contribution < -0.4 is 37.0 Å². The average Bonchev–Trinajstić information content (AvgIpc) is 1.60. The first-order valence-corrected chi connectivity index (χ1v) is 47.2. The molecule has 0 saturated heterocycles. The Morgan fingerprint density at radius 1 is 0.286 bits per heavy atom. The highest BCUT2D eigenvalue weighted by Gasteiger charge is 2.37. The van der Waals surface area contributed by atoms with Gasteiger partial charge < -0.3 is 0 Å². The molecule has 0 fully saturated rings. The van der Waals surface area contributed by atoms with Crippen LogP contribution >= 0.6 is 0 Å². The van der Waals surface area contributed by atoms with Crippen LogP contribution in [0.5, 0.6) is 0 Å². The van der Waals surface area contributed by atoms with Gasteiger partial charge in [0.1, 0.15) is 22.1 Å². The number of fused-ring (bicyclic) bond motifs is 8. The highest BCUT2D eigenvalue weighted by Crippen LogP contribution is 2.42. The molecule has 133 heavy (non-hydrogen) atoms. The summed E-state index contributed by atoms with van der Waals surface area (Å²) < 4.78 is 28.1. The van der Waals surface area contributed by atoms with Crippen molar-refractivity contribution in [3.05, 3.63) is 364 Å². The minimum atomic E-state index is 0.0253. The maximum absolute atomic E-state index is 7.81. The molecule has 0 atom stereocenters. The van der Waals surface area contributed by atoms with Crippen molar-refractivity contribution in [1.29, 1.82) is 0 Å². The van der Waals surface area contributed by atoms with Crippen LogP contribution in [0.4, 0.5) is 5.69 Å². The largest absolute Gasteiger partial charge is 0.246 e. The second kappa shape index (κ2) is 36.1. The molecule has 0 spiro atoms. The standard InChI is InChI=1S/C32H37N3.C30H33N3.C29H28N4.C29H31N3/c1-21(2)35-29-16-12-11-15-27(29)31(33(35)8)28-18-26(32(5,6)7)19-30(23(28)4)34-20-25-14-10-9-13-24(25)17-22(34)3;1-19(2)33-27-15-11-10-14-26(27)30(31(33)7)28-20(3)16-21(4)29(23(28)6)32-18-25-13-9-8-12-24(25)17-22(32)5;1-19(2)33-27-14-10-9-13-25(27)29(31(33)6)26-16-24(30-5)17-28(21(26)4)32-18-23-12-8-7-11-22(23)15-20(32)3;1-19(2)32-27-14-10-9-13-25(27)29(30(32)6)26-15-20(3)16-28(22(26)5)31-18-24-12-8-7-11-23(24)17-21(31)4/h9-21H,1-8H3;8-19H,1-7H3;7-19H,1-4,6H3;7-19H,1-6H3/q4*+2. The molecule has 0 amide bonds. The minimum absolute atomic E-state index is 0.0253. The first-order chi connectivity index (χ1) is 63.6. The predicted molar refractivity (Wildman–Crippen MR) is 549 cm³/mol. The summed E-state index contributed by atoms with van der Waals surface area (Å²) in [4.78, 5) is 3.85. The maximum Gasteiger partial charge on any atom is 0.246 e. The highest BCUT2D eigenvalue weighted by molar-refractivity contribution is 5.97. The number of benzene rings is 12. The van der Waals surface area contributed by atoms with Gasteiger partial charge in [-0.25, -0.2) is 4.85 Å². The number of nitrogens with zero attached hydrogens (tertiary/aromatic N) is 13. The maximum atomic E-state index is 7.81. The summed E-state index contributed by atoms with van der Waals surface area (Å²) in [5.74, 6) is 0. The van der Waals surface area contributed by atoms with Crippen molar-refractivity contribution >= 4 is 92.4 Å². The number of pyridine rings is 4. The molecule has 0 saturated carbocycles. The lowest BCUT2D eigenvalue weighted by molar-refractivity contribution is -0.743. The number of rotatable bonds is 12. The van der Waals surface area contributed by atoms with Crippen molar-refractivity contribution in [3.8, 4) is 67.8 Å². The van der Waals surface area contributed by atoms with Gasteiger partial charge in [-0.3, -0.25) is 0 Å². The number of aryl methyl sites for hydroxylation is 7. The molecule has 0 bridgehead atoms. The molecule has 0 aliphatic rings. The molecule has 8 aromatic heterocycles. The number of para-hydroxylation sites is 4. The normalized spacial score (nSPS) is 11.8. The Morgan fingerprint density at radius 3 is 0.917 bits per heavy atom. The van der Waals surface area contributed by atoms with Gasteiger partial charge in [0.15, 0.2) is 81.4 Å². The minimum Gasteiger partial charge on any atom is -0.238 e. The Labute approximate surface area is 785 Å². The summed E-state index contributed by atoms with van der Waals surface area (Å²) in [5.41, 5.74) is 35.6. The molecule has 8 heterocycles. The van der Waals surface area contributed by atoms with E-state index < -0.39 is 0 Å². The number of hydrogen-bond acceptors (Lipinski definition) is 0. The summed E-state index contributed by atoms with van der Waals surface area (Å²) in [6.45, 7) is 57.1. The second-order valence-corrected chi connectivity index (χ2v) is 38.9. The van der Waals surface area contributed by atoms with Crippen molar-refractivity contribution in [2.24, 2.45) is 28.2 Å². The van der Waals surface area contributed by atoms with E-state index in [9.17, 15) is 0 Å².